The number of aromatic nitrogens is 3. The fourth-order valence-electron chi connectivity index (χ4n) is 2.78. The molecule has 1 saturated heterocycles. The van der Waals surface area contributed by atoms with Gasteiger partial charge >= 0.3 is 5.69 Å². The predicted molar refractivity (Wildman–Crippen MR) is 70.7 cm³/mol. The van der Waals surface area contributed by atoms with Crippen LogP contribution in [0.3, 0.4) is 0 Å². The molecule has 96 valence electrons. The first-order chi connectivity index (χ1) is 8.75. The number of fused-ring (bicyclic) bond motifs is 1. The monoisotopic (exact) mass is 246 g/mol. The summed E-state index contributed by atoms with van der Waals surface area (Å²) in [7, 11) is 2.14. The molecule has 0 saturated carbocycles. The number of hydrogen-bond donors (Lipinski definition) is 1. The number of nitrogens with zero attached hydrogens (tertiary/aromatic N) is 3. The summed E-state index contributed by atoms with van der Waals surface area (Å²) in [6, 6.07) is 4.03. The van der Waals surface area contributed by atoms with Gasteiger partial charge in [0, 0.05) is 12.2 Å². The van der Waals surface area contributed by atoms with Crippen molar-refractivity contribution in [3.63, 3.8) is 0 Å². The van der Waals surface area contributed by atoms with Crippen molar-refractivity contribution in [2.24, 2.45) is 0 Å². The topological polar surface area (TPSA) is 53.9 Å². The average molecular weight is 246 g/mol. The lowest BCUT2D eigenvalue weighted by Gasteiger charge is -2.16. The van der Waals surface area contributed by atoms with Crippen LogP contribution in [0.2, 0.25) is 0 Å². The first-order valence-electron chi connectivity index (χ1n) is 6.49. The molecule has 5 nitrogen and oxygen atoms in total. The van der Waals surface area contributed by atoms with Gasteiger partial charge in [0.1, 0.15) is 0 Å². The molecule has 2 aromatic heterocycles. The van der Waals surface area contributed by atoms with E-state index in [2.05, 4.69) is 21.9 Å². The van der Waals surface area contributed by atoms with E-state index < -0.39 is 0 Å². The fourth-order valence-corrected chi connectivity index (χ4v) is 2.78. The third kappa shape index (κ3) is 1.95. The quantitative estimate of drug-likeness (QED) is 0.827. The minimum Gasteiger partial charge on any atom is -0.306 e. The molecule has 2 aromatic rings. The van der Waals surface area contributed by atoms with Crippen LogP contribution in [0.1, 0.15) is 25.3 Å². The van der Waals surface area contributed by atoms with Crippen LogP contribution < -0.4 is 5.69 Å². The highest BCUT2D eigenvalue weighted by atomic mass is 16.1. The van der Waals surface area contributed by atoms with Crippen molar-refractivity contribution < 1.29 is 0 Å². The zero-order valence-electron chi connectivity index (χ0n) is 10.6. The zero-order chi connectivity index (χ0) is 12.5. The second kappa shape index (κ2) is 4.57. The molecule has 3 rings (SSSR count). The van der Waals surface area contributed by atoms with Crippen LogP contribution in [0.5, 0.6) is 0 Å². The van der Waals surface area contributed by atoms with Crippen molar-refractivity contribution in [3.8, 4) is 0 Å². The number of likely N-dealkylation sites (tertiary alicyclic amines) is 1. The van der Waals surface area contributed by atoms with E-state index in [9.17, 15) is 4.79 Å². The summed E-state index contributed by atoms with van der Waals surface area (Å²) in [5.41, 5.74) is 1.59. The van der Waals surface area contributed by atoms with Crippen molar-refractivity contribution in [2.45, 2.75) is 25.3 Å². The fraction of sp³-hybridized carbons (Fsp3) is 0.538. The van der Waals surface area contributed by atoms with Crippen molar-refractivity contribution >= 4 is 11.2 Å². The molecule has 1 aliphatic rings. The van der Waals surface area contributed by atoms with E-state index in [0.717, 1.165) is 43.5 Å². The molecule has 1 aliphatic heterocycles. The molecular weight excluding hydrogens is 228 g/mol. The van der Waals surface area contributed by atoms with Gasteiger partial charge in [-0.3, -0.25) is 4.57 Å². The minimum atomic E-state index is -0.0294. The van der Waals surface area contributed by atoms with E-state index >= 15 is 0 Å². The molecule has 0 radical (unpaired) electrons. The molecular formula is C13H18N4O. The molecule has 1 fully saturated rings. The van der Waals surface area contributed by atoms with E-state index in [-0.39, 0.29) is 11.7 Å². The summed E-state index contributed by atoms with van der Waals surface area (Å²) >= 11 is 0. The van der Waals surface area contributed by atoms with E-state index in [1.165, 1.54) is 0 Å². The van der Waals surface area contributed by atoms with Gasteiger partial charge in [-0.1, -0.05) is 0 Å². The third-order valence-corrected chi connectivity index (χ3v) is 3.76. The van der Waals surface area contributed by atoms with Crippen molar-refractivity contribution in [1.82, 2.24) is 19.4 Å². The van der Waals surface area contributed by atoms with Crippen LogP contribution in [0.4, 0.5) is 0 Å². The van der Waals surface area contributed by atoms with Gasteiger partial charge in [-0.05, 0) is 51.5 Å². The highest BCUT2D eigenvalue weighted by Gasteiger charge is 2.20. The number of nitrogens with one attached hydrogen (secondary N) is 1. The molecule has 0 aromatic carbocycles. The lowest BCUT2D eigenvalue weighted by molar-refractivity contribution is 0.341. The normalized spacial score (nSPS) is 22.2. The molecule has 1 N–H and O–H groups in total. The Morgan fingerprint density at radius 3 is 3.17 bits per heavy atom. The third-order valence-electron chi connectivity index (χ3n) is 3.76. The maximum absolute atomic E-state index is 12.1. The first kappa shape index (κ1) is 11.5. The van der Waals surface area contributed by atoms with Crippen molar-refractivity contribution in [2.75, 3.05) is 20.1 Å². The highest BCUT2D eigenvalue weighted by molar-refractivity contribution is 5.70. The number of H-pyrrole nitrogens is 1. The Bertz CT molecular complexity index is 600. The molecule has 0 amide bonds. The molecule has 1 atom stereocenters. The minimum absolute atomic E-state index is 0.0294. The molecule has 18 heavy (non-hydrogen) atoms. The van der Waals surface area contributed by atoms with Gasteiger partial charge in [0.2, 0.25) is 0 Å². The van der Waals surface area contributed by atoms with Gasteiger partial charge in [0.15, 0.2) is 5.65 Å². The summed E-state index contributed by atoms with van der Waals surface area (Å²) in [5.74, 6) is 0. The first-order valence-corrected chi connectivity index (χ1v) is 6.49. The Labute approximate surface area is 105 Å². The Morgan fingerprint density at radius 1 is 1.39 bits per heavy atom. The standard InChI is InChI=1S/C13H18N4O/c1-16-8-3-4-10(6-9-16)17-12-11(15-13(17)18)5-2-7-14-12/h2,5,7,10H,3-4,6,8-9H2,1H3,(H,15,18). The van der Waals surface area contributed by atoms with Gasteiger partial charge in [-0.15, -0.1) is 0 Å². The van der Waals surface area contributed by atoms with Crippen LogP contribution in [0.15, 0.2) is 23.1 Å². The smallest absolute Gasteiger partial charge is 0.306 e. The number of rotatable bonds is 1. The Morgan fingerprint density at radius 2 is 2.28 bits per heavy atom. The number of hydrogen-bond acceptors (Lipinski definition) is 3. The molecule has 5 heteroatoms. The Balaban J connectivity index is 2.03. The van der Waals surface area contributed by atoms with E-state index in [0.29, 0.717) is 0 Å². The van der Waals surface area contributed by atoms with Gasteiger partial charge in [0.05, 0.1) is 5.52 Å². The number of pyridine rings is 1. The zero-order valence-corrected chi connectivity index (χ0v) is 10.6. The molecule has 3 heterocycles. The van der Waals surface area contributed by atoms with Crippen molar-refractivity contribution in [1.29, 1.82) is 0 Å². The number of aromatic amines is 1. The van der Waals surface area contributed by atoms with Gasteiger partial charge in [-0.2, -0.15) is 0 Å². The lowest BCUT2D eigenvalue weighted by Crippen LogP contribution is -2.24. The Hall–Kier alpha value is -1.62. The molecule has 1 unspecified atom stereocenters. The number of imidazole rings is 1. The van der Waals surface area contributed by atoms with Gasteiger partial charge < -0.3 is 9.88 Å². The summed E-state index contributed by atoms with van der Waals surface area (Å²) in [4.78, 5) is 21.6. The van der Waals surface area contributed by atoms with Crippen molar-refractivity contribution in [3.05, 3.63) is 28.8 Å². The maximum Gasteiger partial charge on any atom is 0.327 e. The lowest BCUT2D eigenvalue weighted by atomic mass is 10.1. The van der Waals surface area contributed by atoms with Crippen LogP contribution in [-0.4, -0.2) is 39.6 Å². The molecule has 0 spiro atoms. The van der Waals surface area contributed by atoms with Gasteiger partial charge in [-0.25, -0.2) is 9.78 Å². The van der Waals surface area contributed by atoms with Gasteiger partial charge in [0.25, 0.3) is 0 Å². The second-order valence-electron chi connectivity index (χ2n) is 5.06. The van der Waals surface area contributed by atoms with E-state index in [4.69, 9.17) is 0 Å². The summed E-state index contributed by atoms with van der Waals surface area (Å²) < 4.78 is 1.84. The average Bonchev–Trinajstić information content (AvgIpc) is 2.54. The Kier molecular flexibility index (Phi) is 2.91. The summed E-state index contributed by atoms with van der Waals surface area (Å²) in [6.07, 6.45) is 4.94. The van der Waals surface area contributed by atoms with Crippen LogP contribution >= 0.6 is 0 Å². The molecule has 0 aliphatic carbocycles. The summed E-state index contributed by atoms with van der Waals surface area (Å²) in [6.45, 7) is 2.15. The van der Waals surface area contributed by atoms with Crippen LogP contribution in [0.25, 0.3) is 11.2 Å². The predicted octanol–water partition coefficient (Wildman–Crippen LogP) is 1.38. The largest absolute Gasteiger partial charge is 0.327 e. The second-order valence-corrected chi connectivity index (χ2v) is 5.06. The SMILES string of the molecule is CN1CCCC(n2c(=O)[nH]c3cccnc32)CC1. The highest BCUT2D eigenvalue weighted by Crippen LogP contribution is 2.23. The summed E-state index contributed by atoms with van der Waals surface area (Å²) in [5, 5.41) is 0. The maximum atomic E-state index is 12.1. The van der Waals surface area contributed by atoms with E-state index in [1.54, 1.807) is 6.20 Å². The van der Waals surface area contributed by atoms with E-state index in [1.807, 2.05) is 16.7 Å². The van der Waals surface area contributed by atoms with Crippen LogP contribution in [0, 0.1) is 0 Å². The molecule has 0 bridgehead atoms. The van der Waals surface area contributed by atoms with Crippen LogP contribution in [-0.2, 0) is 0 Å².